The molecular weight excluding hydrogens is 148 g/mol. The van der Waals surface area contributed by atoms with Crippen molar-refractivity contribution in [1.82, 2.24) is 0 Å². The third kappa shape index (κ3) is 1.50. The van der Waals surface area contributed by atoms with E-state index in [1.54, 1.807) is 0 Å². The molecule has 1 saturated heterocycles. The summed E-state index contributed by atoms with van der Waals surface area (Å²) in [5.74, 6) is 0. The summed E-state index contributed by atoms with van der Waals surface area (Å²) in [6, 6.07) is 2.73. The van der Waals surface area contributed by atoms with Crippen LogP contribution in [0.2, 0.25) is 17.6 Å². The van der Waals surface area contributed by atoms with E-state index in [1.165, 1.54) is 24.9 Å². The van der Waals surface area contributed by atoms with E-state index in [9.17, 15) is 0 Å². The third-order valence-electron chi connectivity index (χ3n) is 2.47. The molecule has 1 heterocycles. The van der Waals surface area contributed by atoms with Crippen LogP contribution in [0.25, 0.3) is 0 Å². The smallest absolute Gasteiger partial charge is 0.159 e. The first-order valence-electron chi connectivity index (χ1n) is 3.84. The van der Waals surface area contributed by atoms with Crippen LogP contribution >= 0.6 is 11.1 Å². The summed E-state index contributed by atoms with van der Waals surface area (Å²) >= 11 is 6.44. The molecule has 0 aromatic heterocycles. The highest BCUT2D eigenvalue weighted by molar-refractivity contribution is 7.21. The SMILES string of the molecule is CC(C)[Si]1(Cl)CCCC1. The first-order valence-corrected chi connectivity index (χ1v) is 7.34. The molecular formula is C7H15ClSi. The van der Waals surface area contributed by atoms with Gasteiger partial charge in [-0.2, -0.15) is 11.1 Å². The molecule has 54 valence electrons. The molecule has 0 nitrogen and oxygen atoms in total. The van der Waals surface area contributed by atoms with Crippen LogP contribution in [0.15, 0.2) is 0 Å². The molecule has 2 heteroatoms. The monoisotopic (exact) mass is 162 g/mol. The van der Waals surface area contributed by atoms with Crippen LogP contribution in [0, 0.1) is 0 Å². The summed E-state index contributed by atoms with van der Waals surface area (Å²) in [4.78, 5) is 0. The van der Waals surface area contributed by atoms with Crippen LogP contribution in [0.4, 0.5) is 0 Å². The standard InChI is InChI=1S/C7H15ClSi/c1-7(2)9(8)5-3-4-6-9/h7H,3-6H2,1-2H3. The van der Waals surface area contributed by atoms with Gasteiger partial charge in [0.05, 0.1) is 0 Å². The van der Waals surface area contributed by atoms with Crippen molar-refractivity contribution < 1.29 is 0 Å². The lowest BCUT2D eigenvalue weighted by atomic mass is 10.4. The van der Waals surface area contributed by atoms with Crippen molar-refractivity contribution in [2.45, 2.75) is 44.3 Å². The van der Waals surface area contributed by atoms with E-state index < -0.39 is 7.38 Å². The highest BCUT2D eigenvalue weighted by Crippen LogP contribution is 2.41. The predicted octanol–water partition coefficient (Wildman–Crippen LogP) is 3.37. The summed E-state index contributed by atoms with van der Waals surface area (Å²) in [7, 11) is -1.19. The molecule has 0 saturated carbocycles. The van der Waals surface area contributed by atoms with Crippen LogP contribution in [-0.2, 0) is 0 Å². The summed E-state index contributed by atoms with van der Waals surface area (Å²) in [6.07, 6.45) is 2.79. The fourth-order valence-corrected chi connectivity index (χ4v) is 5.42. The highest BCUT2D eigenvalue weighted by Gasteiger charge is 2.37. The summed E-state index contributed by atoms with van der Waals surface area (Å²) < 4.78 is 0. The average molecular weight is 163 g/mol. The van der Waals surface area contributed by atoms with Crippen LogP contribution in [-0.4, -0.2) is 7.38 Å². The maximum atomic E-state index is 6.44. The Kier molecular flexibility index (Phi) is 2.22. The molecule has 0 atom stereocenters. The molecule has 0 aromatic rings. The van der Waals surface area contributed by atoms with Crippen molar-refractivity contribution in [1.29, 1.82) is 0 Å². The zero-order valence-corrected chi connectivity index (χ0v) is 8.04. The Labute approximate surface area is 63.3 Å². The van der Waals surface area contributed by atoms with Crippen molar-refractivity contribution in [3.8, 4) is 0 Å². The largest absolute Gasteiger partial charge is 0.167 e. The lowest BCUT2D eigenvalue weighted by molar-refractivity contribution is 0.935. The van der Waals surface area contributed by atoms with E-state index in [1.807, 2.05) is 0 Å². The Bertz CT molecular complexity index is 95.1. The van der Waals surface area contributed by atoms with Crippen molar-refractivity contribution in [2.75, 3.05) is 0 Å². The molecule has 0 aromatic carbocycles. The maximum Gasteiger partial charge on any atom is 0.159 e. The normalized spacial score (nSPS) is 25.3. The van der Waals surface area contributed by atoms with Gasteiger partial charge < -0.3 is 0 Å². The van der Waals surface area contributed by atoms with E-state index in [0.717, 1.165) is 5.54 Å². The van der Waals surface area contributed by atoms with Crippen molar-refractivity contribution >= 4 is 18.5 Å². The van der Waals surface area contributed by atoms with Crippen LogP contribution in [0.3, 0.4) is 0 Å². The topological polar surface area (TPSA) is 0 Å². The Morgan fingerprint density at radius 2 is 1.67 bits per heavy atom. The van der Waals surface area contributed by atoms with Crippen LogP contribution in [0.1, 0.15) is 26.7 Å². The molecule has 0 N–H and O–H groups in total. The Morgan fingerprint density at radius 3 is 1.89 bits per heavy atom. The molecule has 0 radical (unpaired) electrons. The quantitative estimate of drug-likeness (QED) is 0.410. The summed E-state index contributed by atoms with van der Waals surface area (Å²) in [5.41, 5.74) is 0.793. The molecule has 0 spiro atoms. The zero-order chi connectivity index (χ0) is 6.91. The lowest BCUT2D eigenvalue weighted by Gasteiger charge is -2.21. The van der Waals surface area contributed by atoms with Crippen LogP contribution in [0.5, 0.6) is 0 Å². The molecule has 1 aliphatic rings. The average Bonchev–Trinajstić information content (AvgIpc) is 2.16. The van der Waals surface area contributed by atoms with Gasteiger partial charge >= 0.3 is 0 Å². The van der Waals surface area contributed by atoms with Gasteiger partial charge in [0.25, 0.3) is 0 Å². The first-order chi connectivity index (χ1) is 4.15. The van der Waals surface area contributed by atoms with Gasteiger partial charge in [-0.1, -0.05) is 26.7 Å². The van der Waals surface area contributed by atoms with E-state index >= 15 is 0 Å². The number of halogens is 1. The van der Waals surface area contributed by atoms with Gasteiger partial charge in [-0.3, -0.25) is 0 Å². The molecule has 0 aliphatic carbocycles. The zero-order valence-electron chi connectivity index (χ0n) is 6.28. The minimum Gasteiger partial charge on any atom is -0.167 e. The van der Waals surface area contributed by atoms with E-state index in [4.69, 9.17) is 11.1 Å². The summed E-state index contributed by atoms with van der Waals surface area (Å²) in [6.45, 7) is 4.56. The number of hydrogen-bond acceptors (Lipinski definition) is 0. The van der Waals surface area contributed by atoms with Gasteiger partial charge in [-0.05, 0) is 17.6 Å². The fraction of sp³-hybridized carbons (Fsp3) is 1.00. The van der Waals surface area contributed by atoms with Gasteiger partial charge in [0.1, 0.15) is 0 Å². The molecule has 0 unspecified atom stereocenters. The fourth-order valence-electron chi connectivity index (χ4n) is 1.54. The molecule has 0 bridgehead atoms. The number of hydrogen-bond donors (Lipinski definition) is 0. The van der Waals surface area contributed by atoms with E-state index in [0.29, 0.717) is 0 Å². The Hall–Kier alpha value is 0.507. The Morgan fingerprint density at radius 1 is 1.22 bits per heavy atom. The minimum atomic E-state index is -1.19. The highest BCUT2D eigenvalue weighted by atomic mass is 35.6. The Balaban J connectivity index is 2.51. The second kappa shape index (κ2) is 2.63. The molecule has 9 heavy (non-hydrogen) atoms. The maximum absolute atomic E-state index is 6.44. The second-order valence-corrected chi connectivity index (χ2v) is 9.88. The van der Waals surface area contributed by atoms with Crippen molar-refractivity contribution in [3.63, 3.8) is 0 Å². The molecule has 1 fully saturated rings. The summed E-state index contributed by atoms with van der Waals surface area (Å²) in [5, 5.41) is 0. The molecule has 0 amide bonds. The minimum absolute atomic E-state index is 0.793. The van der Waals surface area contributed by atoms with Crippen molar-refractivity contribution in [2.24, 2.45) is 0 Å². The van der Waals surface area contributed by atoms with Gasteiger partial charge in [-0.15, -0.1) is 0 Å². The third-order valence-corrected chi connectivity index (χ3v) is 9.35. The van der Waals surface area contributed by atoms with Gasteiger partial charge in [0, 0.05) is 0 Å². The van der Waals surface area contributed by atoms with E-state index in [-0.39, 0.29) is 0 Å². The van der Waals surface area contributed by atoms with Gasteiger partial charge in [0.15, 0.2) is 7.38 Å². The van der Waals surface area contributed by atoms with Gasteiger partial charge in [-0.25, -0.2) is 0 Å². The molecule has 1 aliphatic heterocycles. The van der Waals surface area contributed by atoms with E-state index in [2.05, 4.69) is 13.8 Å². The van der Waals surface area contributed by atoms with Gasteiger partial charge in [0.2, 0.25) is 0 Å². The second-order valence-electron chi connectivity index (χ2n) is 3.40. The molecule has 1 rings (SSSR count). The predicted molar refractivity (Wildman–Crippen MR) is 45.6 cm³/mol. The lowest BCUT2D eigenvalue weighted by Crippen LogP contribution is -2.25. The first kappa shape index (κ1) is 7.61. The van der Waals surface area contributed by atoms with Crippen molar-refractivity contribution in [3.05, 3.63) is 0 Å². The number of rotatable bonds is 1. The van der Waals surface area contributed by atoms with Crippen LogP contribution < -0.4 is 0 Å².